The Morgan fingerprint density at radius 1 is 0.308 bits per heavy atom. The van der Waals surface area contributed by atoms with Gasteiger partial charge < -0.3 is 4.42 Å². The van der Waals surface area contributed by atoms with Gasteiger partial charge >= 0.3 is 0 Å². The Balaban J connectivity index is 1.37. The minimum absolute atomic E-state index is 0.917. The summed E-state index contributed by atoms with van der Waals surface area (Å²) in [7, 11) is 0. The van der Waals surface area contributed by atoms with E-state index in [1.54, 1.807) is 0 Å². The van der Waals surface area contributed by atoms with Crippen molar-refractivity contribution in [2.75, 3.05) is 0 Å². The highest BCUT2D eigenvalue weighted by Gasteiger charge is 2.19. The van der Waals surface area contributed by atoms with Crippen LogP contribution in [0.1, 0.15) is 0 Å². The summed E-state index contributed by atoms with van der Waals surface area (Å²) in [5, 5.41) is 12.6. The molecule has 39 heavy (non-hydrogen) atoms. The van der Waals surface area contributed by atoms with E-state index in [0.29, 0.717) is 0 Å². The van der Waals surface area contributed by atoms with Gasteiger partial charge in [-0.15, -0.1) is 0 Å². The van der Waals surface area contributed by atoms with Crippen LogP contribution in [-0.2, 0) is 0 Å². The van der Waals surface area contributed by atoms with Crippen LogP contribution in [0.4, 0.5) is 0 Å². The summed E-state index contributed by atoms with van der Waals surface area (Å²) in [4.78, 5) is 0. The van der Waals surface area contributed by atoms with Gasteiger partial charge in [-0.3, -0.25) is 0 Å². The molecular weight excluding hydrogens is 472 g/mol. The van der Waals surface area contributed by atoms with Crippen LogP contribution in [0.25, 0.3) is 87.3 Å². The van der Waals surface area contributed by atoms with Gasteiger partial charge in [0.2, 0.25) is 0 Å². The molecule has 0 bridgehead atoms. The highest BCUT2D eigenvalue weighted by Crippen LogP contribution is 2.45. The molecule has 0 aliphatic rings. The maximum Gasteiger partial charge on any atom is 0.143 e. The van der Waals surface area contributed by atoms with Gasteiger partial charge in [0.25, 0.3) is 0 Å². The van der Waals surface area contributed by atoms with Crippen molar-refractivity contribution in [3.8, 4) is 22.3 Å². The highest BCUT2D eigenvalue weighted by atomic mass is 16.3. The van der Waals surface area contributed by atoms with Crippen molar-refractivity contribution in [1.29, 1.82) is 0 Å². The largest absolute Gasteiger partial charge is 0.455 e. The molecule has 1 aromatic heterocycles. The van der Waals surface area contributed by atoms with Gasteiger partial charge in [-0.25, -0.2) is 0 Å². The van der Waals surface area contributed by atoms with Crippen molar-refractivity contribution in [1.82, 2.24) is 0 Å². The summed E-state index contributed by atoms with van der Waals surface area (Å²) in [5.74, 6) is 0. The zero-order valence-electron chi connectivity index (χ0n) is 21.1. The average molecular weight is 495 g/mol. The van der Waals surface area contributed by atoms with Gasteiger partial charge in [0, 0.05) is 16.3 Å². The van der Waals surface area contributed by atoms with Crippen LogP contribution in [0.2, 0.25) is 0 Å². The number of benzene rings is 8. The average Bonchev–Trinajstić information content (AvgIpc) is 3.39. The molecule has 0 atom stereocenters. The van der Waals surface area contributed by atoms with Crippen LogP contribution in [0.3, 0.4) is 0 Å². The molecular formula is C38H22O. The van der Waals surface area contributed by atoms with E-state index in [4.69, 9.17) is 4.42 Å². The Kier molecular flexibility index (Phi) is 4.11. The molecule has 0 aliphatic heterocycles. The molecule has 1 heterocycles. The van der Waals surface area contributed by atoms with E-state index in [9.17, 15) is 0 Å². The zero-order valence-corrected chi connectivity index (χ0v) is 21.1. The molecule has 9 aromatic rings. The summed E-state index contributed by atoms with van der Waals surface area (Å²) < 4.78 is 6.67. The van der Waals surface area contributed by atoms with Gasteiger partial charge in [-0.2, -0.15) is 0 Å². The first kappa shape index (κ1) is 20.9. The number of para-hydroxylation sites is 1. The van der Waals surface area contributed by atoms with Crippen molar-refractivity contribution in [3.05, 3.63) is 133 Å². The minimum atomic E-state index is 0.917. The normalized spacial score (nSPS) is 12.1. The standard InChI is InChI=1S/C38H22O/c1-2-11-27-23(7-1)8-4-12-28(27)32-14-5-15-33-37-30(13-6-16-34(37)39-38(32)33)29-21-19-26-18-17-24-9-3-10-25-20-22-31(29)36(26)35(24)25/h1-22H. The second-order valence-corrected chi connectivity index (χ2v) is 10.5. The van der Waals surface area contributed by atoms with Gasteiger partial charge in [0.15, 0.2) is 0 Å². The Bertz CT molecular complexity index is 2370. The smallest absolute Gasteiger partial charge is 0.143 e. The first-order valence-electron chi connectivity index (χ1n) is 13.4. The summed E-state index contributed by atoms with van der Waals surface area (Å²) in [5.41, 5.74) is 6.63. The molecule has 0 amide bonds. The number of furan rings is 1. The monoisotopic (exact) mass is 494 g/mol. The molecule has 0 saturated carbocycles. The lowest BCUT2D eigenvalue weighted by molar-refractivity contribution is 0.670. The number of rotatable bonds is 2. The molecule has 180 valence electrons. The predicted molar refractivity (Wildman–Crippen MR) is 166 cm³/mol. The summed E-state index contributed by atoms with van der Waals surface area (Å²) in [6.07, 6.45) is 0. The molecule has 1 nitrogen and oxygen atoms in total. The topological polar surface area (TPSA) is 13.1 Å². The summed E-state index contributed by atoms with van der Waals surface area (Å²) in [6, 6.07) is 48.3. The van der Waals surface area contributed by atoms with Crippen LogP contribution in [-0.4, -0.2) is 0 Å². The fraction of sp³-hybridized carbons (Fsp3) is 0. The van der Waals surface area contributed by atoms with Gasteiger partial charge in [-0.05, 0) is 65.8 Å². The number of fused-ring (bicyclic) bond motifs is 4. The summed E-state index contributed by atoms with van der Waals surface area (Å²) >= 11 is 0. The van der Waals surface area contributed by atoms with E-state index in [-0.39, 0.29) is 0 Å². The van der Waals surface area contributed by atoms with Gasteiger partial charge in [0.05, 0.1) is 0 Å². The lowest BCUT2D eigenvalue weighted by Gasteiger charge is -2.14. The Hall–Kier alpha value is -5.14. The predicted octanol–water partition coefficient (Wildman–Crippen LogP) is 11.0. The second kappa shape index (κ2) is 7.69. The lowest BCUT2D eigenvalue weighted by Crippen LogP contribution is -1.87. The molecule has 8 aromatic carbocycles. The first-order chi connectivity index (χ1) is 19.3. The van der Waals surface area contributed by atoms with Crippen LogP contribution < -0.4 is 0 Å². The van der Waals surface area contributed by atoms with Gasteiger partial charge in [-0.1, -0.05) is 127 Å². The van der Waals surface area contributed by atoms with Crippen molar-refractivity contribution in [2.45, 2.75) is 0 Å². The van der Waals surface area contributed by atoms with Gasteiger partial charge in [0.1, 0.15) is 11.2 Å². The maximum absolute atomic E-state index is 6.67. The van der Waals surface area contributed by atoms with Crippen LogP contribution in [0.15, 0.2) is 138 Å². The van der Waals surface area contributed by atoms with Crippen molar-refractivity contribution in [3.63, 3.8) is 0 Å². The van der Waals surface area contributed by atoms with E-state index in [2.05, 4.69) is 133 Å². The van der Waals surface area contributed by atoms with Crippen molar-refractivity contribution < 1.29 is 4.42 Å². The van der Waals surface area contributed by atoms with Crippen LogP contribution >= 0.6 is 0 Å². The van der Waals surface area contributed by atoms with E-state index in [0.717, 1.165) is 22.1 Å². The maximum atomic E-state index is 6.67. The third kappa shape index (κ3) is 2.85. The van der Waals surface area contributed by atoms with E-state index in [1.807, 2.05) is 0 Å². The Labute approximate surface area is 224 Å². The SMILES string of the molecule is c1ccc2c(-c3cccc4c3oc3cccc(-c5ccc6ccc7cccc8ccc5c6c78)c34)cccc2c1. The lowest BCUT2D eigenvalue weighted by atomic mass is 9.88. The Morgan fingerprint density at radius 2 is 0.897 bits per heavy atom. The fourth-order valence-corrected chi connectivity index (χ4v) is 6.71. The van der Waals surface area contributed by atoms with Crippen molar-refractivity contribution in [2.24, 2.45) is 0 Å². The minimum Gasteiger partial charge on any atom is -0.455 e. The molecule has 0 unspecified atom stereocenters. The molecule has 0 saturated heterocycles. The quantitative estimate of drug-likeness (QED) is 0.218. The van der Waals surface area contributed by atoms with E-state index >= 15 is 0 Å². The third-order valence-corrected chi connectivity index (χ3v) is 8.42. The third-order valence-electron chi connectivity index (χ3n) is 8.42. The van der Waals surface area contributed by atoms with E-state index in [1.165, 1.54) is 65.2 Å². The zero-order chi connectivity index (χ0) is 25.5. The molecule has 0 N–H and O–H groups in total. The Morgan fingerprint density at radius 3 is 1.82 bits per heavy atom. The fourth-order valence-electron chi connectivity index (χ4n) is 6.71. The highest BCUT2D eigenvalue weighted by molar-refractivity contribution is 6.27. The summed E-state index contributed by atoms with van der Waals surface area (Å²) in [6.45, 7) is 0. The van der Waals surface area contributed by atoms with Crippen molar-refractivity contribution >= 4 is 65.0 Å². The molecule has 1 heteroatoms. The molecule has 0 radical (unpaired) electrons. The molecule has 9 rings (SSSR count). The molecule has 0 aliphatic carbocycles. The van der Waals surface area contributed by atoms with Crippen LogP contribution in [0, 0.1) is 0 Å². The van der Waals surface area contributed by atoms with Crippen LogP contribution in [0.5, 0.6) is 0 Å². The molecule has 0 spiro atoms. The van der Waals surface area contributed by atoms with E-state index < -0.39 is 0 Å². The number of hydrogen-bond donors (Lipinski definition) is 0. The second-order valence-electron chi connectivity index (χ2n) is 10.5. The molecule has 0 fully saturated rings. The first-order valence-corrected chi connectivity index (χ1v) is 13.4. The number of hydrogen-bond acceptors (Lipinski definition) is 1.